The summed E-state index contributed by atoms with van der Waals surface area (Å²) in [6.07, 6.45) is 1.73. The normalized spacial score (nSPS) is 10.5. The van der Waals surface area contributed by atoms with Crippen LogP contribution in [0.5, 0.6) is 11.5 Å². The highest BCUT2D eigenvalue weighted by molar-refractivity contribution is 5.41. The molecule has 0 aliphatic rings. The van der Waals surface area contributed by atoms with E-state index in [0.717, 1.165) is 30.9 Å². The number of benzene rings is 2. The molecular weight excluding hydrogens is 276 g/mol. The SMILES string of the molecule is COCCCOc1cccc(Cc2ccc(C)cc2OC)c1. The molecule has 2 aromatic carbocycles. The molecule has 0 atom stereocenters. The molecule has 2 rings (SSSR count). The molecule has 0 aliphatic heterocycles. The van der Waals surface area contributed by atoms with Crippen LogP contribution in [0.4, 0.5) is 0 Å². The molecule has 0 radical (unpaired) electrons. The Morgan fingerprint density at radius 1 is 0.955 bits per heavy atom. The molecule has 3 nitrogen and oxygen atoms in total. The Bertz CT molecular complexity index is 593. The van der Waals surface area contributed by atoms with Crippen LogP contribution in [0.3, 0.4) is 0 Å². The fraction of sp³-hybridized carbons (Fsp3) is 0.368. The Morgan fingerprint density at radius 2 is 1.82 bits per heavy atom. The second-order valence-corrected chi connectivity index (χ2v) is 5.33. The Labute approximate surface area is 132 Å². The monoisotopic (exact) mass is 300 g/mol. The van der Waals surface area contributed by atoms with Gasteiger partial charge in [0.15, 0.2) is 0 Å². The predicted molar refractivity (Wildman–Crippen MR) is 89.0 cm³/mol. The van der Waals surface area contributed by atoms with E-state index in [-0.39, 0.29) is 0 Å². The maximum atomic E-state index is 5.75. The maximum absolute atomic E-state index is 5.75. The molecule has 0 amide bonds. The van der Waals surface area contributed by atoms with Crippen LogP contribution in [0.25, 0.3) is 0 Å². The van der Waals surface area contributed by atoms with Gasteiger partial charge in [0.25, 0.3) is 0 Å². The van der Waals surface area contributed by atoms with Crippen LogP contribution < -0.4 is 9.47 Å². The van der Waals surface area contributed by atoms with Crippen molar-refractivity contribution in [3.63, 3.8) is 0 Å². The molecular formula is C19H24O3. The number of rotatable bonds is 8. The highest BCUT2D eigenvalue weighted by Crippen LogP contribution is 2.24. The summed E-state index contributed by atoms with van der Waals surface area (Å²) in [5.41, 5.74) is 3.60. The summed E-state index contributed by atoms with van der Waals surface area (Å²) in [6, 6.07) is 14.5. The second kappa shape index (κ2) is 8.44. The van der Waals surface area contributed by atoms with Crippen molar-refractivity contribution in [2.24, 2.45) is 0 Å². The van der Waals surface area contributed by atoms with Crippen LogP contribution in [0, 0.1) is 6.92 Å². The van der Waals surface area contributed by atoms with Gasteiger partial charge in [-0.3, -0.25) is 0 Å². The maximum Gasteiger partial charge on any atom is 0.122 e. The van der Waals surface area contributed by atoms with E-state index in [1.165, 1.54) is 16.7 Å². The molecule has 118 valence electrons. The van der Waals surface area contributed by atoms with Gasteiger partial charge in [0.1, 0.15) is 11.5 Å². The van der Waals surface area contributed by atoms with Crippen molar-refractivity contribution in [3.8, 4) is 11.5 Å². The van der Waals surface area contributed by atoms with Crippen LogP contribution in [0.1, 0.15) is 23.1 Å². The van der Waals surface area contributed by atoms with Crippen molar-refractivity contribution in [2.75, 3.05) is 27.4 Å². The summed E-state index contributed by atoms with van der Waals surface area (Å²) in [4.78, 5) is 0. The number of methoxy groups -OCH3 is 2. The van der Waals surface area contributed by atoms with Crippen LogP contribution >= 0.6 is 0 Å². The van der Waals surface area contributed by atoms with Crippen molar-refractivity contribution in [1.29, 1.82) is 0 Å². The van der Waals surface area contributed by atoms with Gasteiger partial charge in [0.2, 0.25) is 0 Å². The number of hydrogen-bond acceptors (Lipinski definition) is 3. The number of ether oxygens (including phenoxy) is 3. The van der Waals surface area contributed by atoms with Gasteiger partial charge in [-0.15, -0.1) is 0 Å². The van der Waals surface area contributed by atoms with E-state index in [4.69, 9.17) is 14.2 Å². The fourth-order valence-corrected chi connectivity index (χ4v) is 2.36. The lowest BCUT2D eigenvalue weighted by Gasteiger charge is -2.11. The zero-order chi connectivity index (χ0) is 15.8. The van der Waals surface area contributed by atoms with E-state index < -0.39 is 0 Å². The Kier molecular flexibility index (Phi) is 6.28. The molecule has 2 aromatic rings. The largest absolute Gasteiger partial charge is 0.496 e. The van der Waals surface area contributed by atoms with E-state index in [1.54, 1.807) is 14.2 Å². The number of aryl methyl sites for hydroxylation is 1. The third-order valence-electron chi connectivity index (χ3n) is 3.50. The molecule has 22 heavy (non-hydrogen) atoms. The third kappa shape index (κ3) is 4.78. The molecule has 0 heterocycles. The molecule has 0 unspecified atom stereocenters. The van der Waals surface area contributed by atoms with Gasteiger partial charge >= 0.3 is 0 Å². The zero-order valence-corrected chi connectivity index (χ0v) is 13.6. The summed E-state index contributed by atoms with van der Waals surface area (Å²) in [5.74, 6) is 1.84. The summed E-state index contributed by atoms with van der Waals surface area (Å²) in [7, 11) is 3.42. The number of hydrogen-bond donors (Lipinski definition) is 0. The molecule has 0 saturated heterocycles. The molecule has 0 N–H and O–H groups in total. The van der Waals surface area contributed by atoms with Crippen molar-refractivity contribution >= 4 is 0 Å². The van der Waals surface area contributed by atoms with Crippen molar-refractivity contribution in [2.45, 2.75) is 19.8 Å². The van der Waals surface area contributed by atoms with Crippen LogP contribution in [0.2, 0.25) is 0 Å². The lowest BCUT2D eigenvalue weighted by atomic mass is 10.0. The molecule has 0 spiro atoms. The zero-order valence-electron chi connectivity index (χ0n) is 13.6. The average molecular weight is 300 g/mol. The minimum atomic E-state index is 0.672. The van der Waals surface area contributed by atoms with E-state index in [1.807, 2.05) is 12.1 Å². The standard InChI is InChI=1S/C19H24O3/c1-15-8-9-17(19(12-15)21-3)13-16-6-4-7-18(14-16)22-11-5-10-20-2/h4,6-9,12,14H,5,10-11,13H2,1-3H3. The van der Waals surface area contributed by atoms with Gasteiger partial charge in [-0.25, -0.2) is 0 Å². The van der Waals surface area contributed by atoms with Gasteiger partial charge < -0.3 is 14.2 Å². The van der Waals surface area contributed by atoms with Gasteiger partial charge in [0, 0.05) is 26.6 Å². The molecule has 0 aromatic heterocycles. The van der Waals surface area contributed by atoms with E-state index in [9.17, 15) is 0 Å². The first-order valence-electron chi connectivity index (χ1n) is 7.57. The Balaban J connectivity index is 2.04. The average Bonchev–Trinajstić information content (AvgIpc) is 2.54. The second-order valence-electron chi connectivity index (χ2n) is 5.33. The lowest BCUT2D eigenvalue weighted by Crippen LogP contribution is -2.01. The van der Waals surface area contributed by atoms with Gasteiger partial charge in [-0.05, 0) is 41.8 Å². The fourth-order valence-electron chi connectivity index (χ4n) is 2.36. The van der Waals surface area contributed by atoms with Gasteiger partial charge in [-0.1, -0.05) is 24.3 Å². The van der Waals surface area contributed by atoms with Crippen molar-refractivity contribution in [1.82, 2.24) is 0 Å². The molecule has 0 fully saturated rings. The van der Waals surface area contributed by atoms with Crippen molar-refractivity contribution in [3.05, 3.63) is 59.2 Å². The van der Waals surface area contributed by atoms with Gasteiger partial charge in [-0.2, -0.15) is 0 Å². The predicted octanol–water partition coefficient (Wildman–Crippen LogP) is 4.01. The highest BCUT2D eigenvalue weighted by Gasteiger charge is 2.05. The Morgan fingerprint density at radius 3 is 2.59 bits per heavy atom. The third-order valence-corrected chi connectivity index (χ3v) is 3.50. The Hall–Kier alpha value is -2.00. The van der Waals surface area contributed by atoms with Crippen LogP contribution in [0.15, 0.2) is 42.5 Å². The minimum Gasteiger partial charge on any atom is -0.496 e. The lowest BCUT2D eigenvalue weighted by molar-refractivity contribution is 0.172. The summed E-state index contributed by atoms with van der Waals surface area (Å²) >= 11 is 0. The van der Waals surface area contributed by atoms with E-state index >= 15 is 0 Å². The topological polar surface area (TPSA) is 27.7 Å². The first-order valence-corrected chi connectivity index (χ1v) is 7.57. The van der Waals surface area contributed by atoms with Crippen LogP contribution in [-0.4, -0.2) is 27.4 Å². The van der Waals surface area contributed by atoms with Crippen molar-refractivity contribution < 1.29 is 14.2 Å². The summed E-state index contributed by atoms with van der Waals surface area (Å²) < 4.78 is 16.2. The molecule has 0 bridgehead atoms. The quantitative estimate of drug-likeness (QED) is 0.689. The van der Waals surface area contributed by atoms with Crippen LogP contribution in [-0.2, 0) is 11.2 Å². The van der Waals surface area contributed by atoms with E-state index in [0.29, 0.717) is 6.61 Å². The molecule has 0 aliphatic carbocycles. The summed E-state index contributed by atoms with van der Waals surface area (Å²) in [5, 5.41) is 0. The highest BCUT2D eigenvalue weighted by atomic mass is 16.5. The molecule has 3 heteroatoms. The van der Waals surface area contributed by atoms with Gasteiger partial charge in [0.05, 0.1) is 13.7 Å². The van der Waals surface area contributed by atoms with E-state index in [2.05, 4.69) is 37.3 Å². The smallest absolute Gasteiger partial charge is 0.122 e. The minimum absolute atomic E-state index is 0.672. The first-order chi connectivity index (χ1) is 10.7. The molecule has 0 saturated carbocycles. The summed E-state index contributed by atoms with van der Waals surface area (Å²) in [6.45, 7) is 3.46. The first kappa shape index (κ1) is 16.4.